The molecule has 0 saturated carbocycles. The SMILES string of the molecule is CCC(C)c1ccc(N2CC3(CN(CCC(C)C)C3)C2)cc1OC. The number of ether oxygens (including phenoxy) is 1. The van der Waals surface area contributed by atoms with E-state index in [2.05, 4.69) is 55.7 Å². The number of rotatable bonds is 7. The van der Waals surface area contributed by atoms with E-state index in [1.54, 1.807) is 7.11 Å². The van der Waals surface area contributed by atoms with Gasteiger partial charge in [0.15, 0.2) is 0 Å². The van der Waals surface area contributed by atoms with Crippen LogP contribution in [-0.4, -0.2) is 44.7 Å². The lowest BCUT2D eigenvalue weighted by Gasteiger charge is -2.61. The van der Waals surface area contributed by atoms with Crippen molar-refractivity contribution in [3.63, 3.8) is 0 Å². The van der Waals surface area contributed by atoms with Crippen molar-refractivity contribution in [3.8, 4) is 5.75 Å². The fourth-order valence-electron chi connectivity index (χ4n) is 4.17. The average molecular weight is 331 g/mol. The zero-order valence-corrected chi connectivity index (χ0v) is 16.1. The Balaban J connectivity index is 1.55. The first-order chi connectivity index (χ1) is 11.5. The predicted molar refractivity (Wildman–Crippen MR) is 102 cm³/mol. The monoisotopic (exact) mass is 330 g/mol. The van der Waals surface area contributed by atoms with E-state index in [4.69, 9.17) is 4.74 Å². The quantitative estimate of drug-likeness (QED) is 0.738. The Kier molecular flexibility index (Phi) is 5.10. The molecule has 2 fully saturated rings. The fourth-order valence-corrected chi connectivity index (χ4v) is 4.17. The molecule has 134 valence electrons. The van der Waals surface area contributed by atoms with Crippen LogP contribution < -0.4 is 9.64 Å². The Morgan fingerprint density at radius 2 is 1.83 bits per heavy atom. The molecule has 0 bridgehead atoms. The summed E-state index contributed by atoms with van der Waals surface area (Å²) in [4.78, 5) is 5.15. The van der Waals surface area contributed by atoms with Gasteiger partial charge in [0, 0.05) is 43.3 Å². The molecule has 1 atom stereocenters. The number of anilines is 1. The summed E-state index contributed by atoms with van der Waals surface area (Å²) < 4.78 is 5.66. The van der Waals surface area contributed by atoms with Crippen molar-refractivity contribution in [2.45, 2.75) is 46.5 Å². The van der Waals surface area contributed by atoms with E-state index >= 15 is 0 Å². The molecule has 0 N–H and O–H groups in total. The number of hydrogen-bond donors (Lipinski definition) is 0. The highest BCUT2D eigenvalue weighted by Crippen LogP contribution is 2.43. The van der Waals surface area contributed by atoms with Gasteiger partial charge in [-0.25, -0.2) is 0 Å². The first-order valence-electron chi connectivity index (χ1n) is 9.61. The van der Waals surface area contributed by atoms with Gasteiger partial charge in [-0.1, -0.05) is 33.8 Å². The highest BCUT2D eigenvalue weighted by Gasteiger charge is 2.51. The second kappa shape index (κ2) is 6.95. The standard InChI is InChI=1S/C21H34N2O/c1-6-17(4)19-8-7-18(11-20(19)24-5)23-14-21(15-23)12-22(13-21)10-9-16(2)3/h7-8,11,16-17H,6,9-10,12-15H2,1-5H3. The van der Waals surface area contributed by atoms with Gasteiger partial charge in [0.2, 0.25) is 0 Å². The van der Waals surface area contributed by atoms with E-state index < -0.39 is 0 Å². The van der Waals surface area contributed by atoms with Gasteiger partial charge in [0.25, 0.3) is 0 Å². The third-order valence-electron chi connectivity index (χ3n) is 5.92. The molecule has 0 radical (unpaired) electrons. The maximum atomic E-state index is 5.66. The average Bonchev–Trinajstić information content (AvgIpc) is 2.50. The van der Waals surface area contributed by atoms with Crippen LogP contribution in [0.3, 0.4) is 0 Å². The molecule has 2 aliphatic heterocycles. The van der Waals surface area contributed by atoms with E-state index in [1.807, 2.05) is 0 Å². The van der Waals surface area contributed by atoms with Crippen LogP contribution in [0.5, 0.6) is 5.75 Å². The minimum absolute atomic E-state index is 0.554. The maximum absolute atomic E-state index is 5.66. The molecule has 1 aromatic rings. The molecule has 1 unspecified atom stereocenters. The number of benzene rings is 1. The van der Waals surface area contributed by atoms with Crippen molar-refractivity contribution < 1.29 is 4.74 Å². The summed E-state index contributed by atoms with van der Waals surface area (Å²) in [5.41, 5.74) is 3.23. The number of hydrogen-bond acceptors (Lipinski definition) is 3. The van der Waals surface area contributed by atoms with Crippen molar-refractivity contribution in [1.29, 1.82) is 0 Å². The predicted octanol–water partition coefficient (Wildman–Crippen LogP) is 4.38. The Labute approximate surface area is 148 Å². The lowest BCUT2D eigenvalue weighted by atomic mass is 9.72. The van der Waals surface area contributed by atoms with E-state index in [-0.39, 0.29) is 0 Å². The molecule has 3 nitrogen and oxygen atoms in total. The Morgan fingerprint density at radius 3 is 2.42 bits per heavy atom. The van der Waals surface area contributed by atoms with Gasteiger partial charge in [-0.15, -0.1) is 0 Å². The highest BCUT2D eigenvalue weighted by molar-refractivity contribution is 5.57. The van der Waals surface area contributed by atoms with Gasteiger partial charge in [-0.3, -0.25) is 0 Å². The normalized spacial score (nSPS) is 20.8. The second-order valence-corrected chi connectivity index (χ2v) is 8.48. The molecule has 1 spiro atoms. The molecule has 3 heteroatoms. The van der Waals surface area contributed by atoms with Gasteiger partial charge in [0.05, 0.1) is 7.11 Å². The molecular weight excluding hydrogens is 296 g/mol. The molecule has 3 rings (SSSR count). The molecule has 0 aliphatic carbocycles. The van der Waals surface area contributed by atoms with E-state index in [9.17, 15) is 0 Å². The first-order valence-corrected chi connectivity index (χ1v) is 9.61. The highest BCUT2D eigenvalue weighted by atomic mass is 16.5. The summed E-state index contributed by atoms with van der Waals surface area (Å²) in [5.74, 6) is 2.42. The van der Waals surface area contributed by atoms with Gasteiger partial charge >= 0.3 is 0 Å². The zero-order chi connectivity index (χ0) is 17.3. The molecule has 2 aliphatic rings. The van der Waals surface area contributed by atoms with Gasteiger partial charge in [-0.2, -0.15) is 0 Å². The van der Waals surface area contributed by atoms with Crippen molar-refractivity contribution in [3.05, 3.63) is 23.8 Å². The van der Waals surface area contributed by atoms with Crippen LogP contribution in [0.25, 0.3) is 0 Å². The lowest BCUT2D eigenvalue weighted by molar-refractivity contribution is -0.0237. The third-order valence-corrected chi connectivity index (χ3v) is 5.92. The molecule has 1 aromatic carbocycles. The van der Waals surface area contributed by atoms with Gasteiger partial charge < -0.3 is 14.5 Å². The van der Waals surface area contributed by atoms with Crippen LogP contribution in [0.4, 0.5) is 5.69 Å². The molecule has 0 amide bonds. The number of methoxy groups -OCH3 is 1. The van der Waals surface area contributed by atoms with Gasteiger partial charge in [0.1, 0.15) is 5.75 Å². The molecular formula is C21H34N2O. The van der Waals surface area contributed by atoms with Crippen LogP contribution in [-0.2, 0) is 0 Å². The summed E-state index contributed by atoms with van der Waals surface area (Å²) in [6.45, 7) is 15.4. The second-order valence-electron chi connectivity index (χ2n) is 8.48. The summed E-state index contributed by atoms with van der Waals surface area (Å²) in [6, 6.07) is 6.79. The van der Waals surface area contributed by atoms with Crippen LogP contribution in [0.1, 0.15) is 52.0 Å². The van der Waals surface area contributed by atoms with Crippen LogP contribution >= 0.6 is 0 Å². The van der Waals surface area contributed by atoms with Gasteiger partial charge in [-0.05, 0) is 42.9 Å². The topological polar surface area (TPSA) is 15.7 Å². The fraction of sp³-hybridized carbons (Fsp3) is 0.714. The lowest BCUT2D eigenvalue weighted by Crippen LogP contribution is -2.72. The minimum atomic E-state index is 0.554. The molecule has 24 heavy (non-hydrogen) atoms. The zero-order valence-electron chi connectivity index (χ0n) is 16.1. The first kappa shape index (κ1) is 17.6. The molecule has 0 aromatic heterocycles. The largest absolute Gasteiger partial charge is 0.496 e. The third kappa shape index (κ3) is 3.42. The van der Waals surface area contributed by atoms with Crippen LogP contribution in [0.2, 0.25) is 0 Å². The molecule has 2 heterocycles. The summed E-state index contributed by atoms with van der Waals surface area (Å²) in [6.07, 6.45) is 2.48. The van der Waals surface area contributed by atoms with Crippen LogP contribution in [0, 0.1) is 11.3 Å². The summed E-state index contributed by atoms with van der Waals surface area (Å²) in [7, 11) is 1.79. The summed E-state index contributed by atoms with van der Waals surface area (Å²) >= 11 is 0. The number of nitrogens with zero attached hydrogens (tertiary/aromatic N) is 2. The van der Waals surface area contributed by atoms with Crippen LogP contribution in [0.15, 0.2) is 18.2 Å². The Bertz CT molecular complexity index is 555. The molecule has 2 saturated heterocycles. The van der Waals surface area contributed by atoms with E-state index in [0.29, 0.717) is 11.3 Å². The van der Waals surface area contributed by atoms with Crippen molar-refractivity contribution >= 4 is 5.69 Å². The van der Waals surface area contributed by atoms with E-state index in [1.165, 1.54) is 50.4 Å². The van der Waals surface area contributed by atoms with Crippen molar-refractivity contribution in [2.75, 3.05) is 44.7 Å². The summed E-state index contributed by atoms with van der Waals surface area (Å²) in [5, 5.41) is 0. The van der Waals surface area contributed by atoms with Crippen molar-refractivity contribution in [2.24, 2.45) is 11.3 Å². The van der Waals surface area contributed by atoms with Crippen molar-refractivity contribution in [1.82, 2.24) is 4.90 Å². The smallest absolute Gasteiger partial charge is 0.124 e. The Morgan fingerprint density at radius 1 is 1.12 bits per heavy atom. The van der Waals surface area contributed by atoms with E-state index in [0.717, 1.165) is 18.1 Å². The maximum Gasteiger partial charge on any atom is 0.124 e. The number of likely N-dealkylation sites (tertiary alicyclic amines) is 1. The Hall–Kier alpha value is -1.22. The minimum Gasteiger partial charge on any atom is -0.496 e.